The number of carbonyl (C=O) groups is 3. The largest absolute Gasteiger partial charge is 0.362 e. The fourth-order valence-corrected chi connectivity index (χ4v) is 3.09. The van der Waals surface area contributed by atoms with Gasteiger partial charge in [0.2, 0.25) is 5.91 Å². The molecule has 24 heavy (non-hydrogen) atoms. The van der Waals surface area contributed by atoms with Crippen LogP contribution in [0.5, 0.6) is 0 Å². The molecule has 6 heteroatoms. The average Bonchev–Trinajstić information content (AvgIpc) is 2.61. The number of amides is 3. The van der Waals surface area contributed by atoms with E-state index < -0.39 is 0 Å². The average molecular weight is 328 g/mol. The van der Waals surface area contributed by atoms with Crippen molar-refractivity contribution in [3.8, 4) is 0 Å². The number of likely N-dealkylation sites (tertiary alicyclic amines) is 1. The van der Waals surface area contributed by atoms with Gasteiger partial charge in [-0.15, -0.1) is 0 Å². The summed E-state index contributed by atoms with van der Waals surface area (Å²) in [6, 6.07) is 9.52. The van der Waals surface area contributed by atoms with Crippen molar-refractivity contribution < 1.29 is 19.1 Å². The summed E-state index contributed by atoms with van der Waals surface area (Å²) in [4.78, 5) is 39.1. The Morgan fingerprint density at radius 2 is 1.67 bits per heavy atom. The van der Waals surface area contributed by atoms with E-state index in [2.05, 4.69) is 0 Å². The number of piperidine rings is 1. The fourth-order valence-electron chi connectivity index (χ4n) is 3.09. The second-order valence-electron chi connectivity index (χ2n) is 5.95. The third-order valence-electron chi connectivity index (χ3n) is 4.35. The van der Waals surface area contributed by atoms with Crippen molar-refractivity contribution in [3.63, 3.8) is 0 Å². The van der Waals surface area contributed by atoms with Gasteiger partial charge in [0.15, 0.2) is 0 Å². The van der Waals surface area contributed by atoms with Gasteiger partial charge in [0, 0.05) is 25.2 Å². The highest BCUT2D eigenvalue weighted by atomic mass is 16.5. The molecule has 2 heterocycles. The highest BCUT2D eigenvalue weighted by molar-refractivity contribution is 5.98. The van der Waals surface area contributed by atoms with Gasteiger partial charge in [-0.2, -0.15) is 0 Å². The molecule has 3 amide bonds. The molecule has 1 aromatic rings. The van der Waals surface area contributed by atoms with E-state index in [1.807, 2.05) is 30.3 Å². The first-order valence-corrected chi connectivity index (χ1v) is 8.10. The fraction of sp³-hybridized carbons (Fsp3) is 0.389. The third kappa shape index (κ3) is 3.71. The summed E-state index contributed by atoms with van der Waals surface area (Å²) in [5, 5.41) is 0. The van der Waals surface area contributed by atoms with E-state index in [1.165, 1.54) is 4.90 Å². The summed E-state index contributed by atoms with van der Waals surface area (Å²) in [6.07, 6.45) is 4.59. The van der Waals surface area contributed by atoms with Gasteiger partial charge in [0.05, 0.1) is 0 Å². The number of rotatable bonds is 3. The summed E-state index contributed by atoms with van der Waals surface area (Å²) in [6.45, 7) is 1.01. The zero-order chi connectivity index (χ0) is 16.9. The van der Waals surface area contributed by atoms with E-state index in [1.54, 1.807) is 17.1 Å². The summed E-state index contributed by atoms with van der Waals surface area (Å²) < 4.78 is 4.93. The van der Waals surface area contributed by atoms with Crippen molar-refractivity contribution in [1.29, 1.82) is 0 Å². The van der Waals surface area contributed by atoms with Gasteiger partial charge in [-0.05, 0) is 24.5 Å². The van der Waals surface area contributed by atoms with Gasteiger partial charge >= 0.3 is 0 Å². The Morgan fingerprint density at radius 1 is 1.04 bits per heavy atom. The molecule has 6 nitrogen and oxygen atoms in total. The van der Waals surface area contributed by atoms with E-state index in [0.717, 1.165) is 5.56 Å². The predicted octanol–water partition coefficient (Wildman–Crippen LogP) is 1.08. The Kier molecular flexibility index (Phi) is 5.05. The minimum atomic E-state index is -0.278. The van der Waals surface area contributed by atoms with E-state index in [9.17, 15) is 14.4 Å². The molecule has 0 radical (unpaired) electrons. The van der Waals surface area contributed by atoms with E-state index in [-0.39, 0.29) is 37.0 Å². The summed E-state index contributed by atoms with van der Waals surface area (Å²) >= 11 is 0. The van der Waals surface area contributed by atoms with Gasteiger partial charge in [-0.25, -0.2) is 0 Å². The van der Waals surface area contributed by atoms with Crippen LogP contribution in [0.25, 0.3) is 6.08 Å². The van der Waals surface area contributed by atoms with Gasteiger partial charge in [0.25, 0.3) is 11.8 Å². The number of hydrogen-bond acceptors (Lipinski definition) is 4. The molecule has 1 aromatic carbocycles. The predicted molar refractivity (Wildman–Crippen MR) is 87.8 cm³/mol. The number of hydrogen-bond donors (Lipinski definition) is 0. The molecular weight excluding hydrogens is 308 g/mol. The van der Waals surface area contributed by atoms with Crippen LogP contribution in [0.3, 0.4) is 0 Å². The lowest BCUT2D eigenvalue weighted by Crippen LogP contribution is -2.55. The molecule has 2 aliphatic rings. The quantitative estimate of drug-likeness (QED) is 0.615. The lowest BCUT2D eigenvalue weighted by molar-refractivity contribution is -0.162. The molecule has 0 saturated carbocycles. The standard InChI is InChI=1S/C18H20N2O4/c21-16(7-6-14-4-2-1-3-5-14)19-10-8-15(9-11-19)20-17(22)12-24-13-18(20)23/h1-7,15H,8-13H2. The molecule has 0 spiro atoms. The maximum absolute atomic E-state index is 12.3. The molecule has 2 fully saturated rings. The van der Waals surface area contributed by atoms with Gasteiger partial charge < -0.3 is 9.64 Å². The van der Waals surface area contributed by atoms with Crippen LogP contribution < -0.4 is 0 Å². The Morgan fingerprint density at radius 3 is 2.29 bits per heavy atom. The summed E-state index contributed by atoms with van der Waals surface area (Å²) in [7, 11) is 0. The van der Waals surface area contributed by atoms with E-state index >= 15 is 0 Å². The zero-order valence-corrected chi connectivity index (χ0v) is 13.4. The number of carbonyl (C=O) groups excluding carboxylic acids is 3. The van der Waals surface area contributed by atoms with Crippen LogP contribution in [0, 0.1) is 0 Å². The topological polar surface area (TPSA) is 66.9 Å². The minimum absolute atomic E-state index is 0.0370. The maximum atomic E-state index is 12.3. The Balaban J connectivity index is 1.55. The van der Waals surface area contributed by atoms with Gasteiger partial charge in [-0.1, -0.05) is 30.3 Å². The van der Waals surface area contributed by atoms with Crippen LogP contribution in [0.4, 0.5) is 0 Å². The zero-order valence-electron chi connectivity index (χ0n) is 13.4. The van der Waals surface area contributed by atoms with Crippen LogP contribution in [-0.4, -0.2) is 59.9 Å². The second-order valence-corrected chi connectivity index (χ2v) is 5.95. The first-order valence-electron chi connectivity index (χ1n) is 8.10. The molecule has 126 valence electrons. The number of ether oxygens (including phenoxy) is 1. The van der Waals surface area contributed by atoms with E-state index in [4.69, 9.17) is 4.74 Å². The van der Waals surface area contributed by atoms with Crippen molar-refractivity contribution in [2.24, 2.45) is 0 Å². The molecule has 0 aliphatic carbocycles. The van der Waals surface area contributed by atoms with Crippen LogP contribution in [0.15, 0.2) is 36.4 Å². The first-order chi connectivity index (χ1) is 11.6. The first kappa shape index (κ1) is 16.4. The van der Waals surface area contributed by atoms with Crippen LogP contribution in [0.1, 0.15) is 18.4 Å². The monoisotopic (exact) mass is 328 g/mol. The number of morpholine rings is 1. The Bertz CT molecular complexity index is 632. The molecule has 0 atom stereocenters. The third-order valence-corrected chi connectivity index (χ3v) is 4.35. The van der Waals surface area contributed by atoms with Crippen LogP contribution in [-0.2, 0) is 19.1 Å². The summed E-state index contributed by atoms with van der Waals surface area (Å²) in [5.74, 6) is -0.600. The minimum Gasteiger partial charge on any atom is -0.362 e. The van der Waals surface area contributed by atoms with Crippen LogP contribution >= 0.6 is 0 Å². The lowest BCUT2D eigenvalue weighted by atomic mass is 10.0. The van der Waals surface area contributed by atoms with Gasteiger partial charge in [-0.3, -0.25) is 19.3 Å². The van der Waals surface area contributed by atoms with Crippen LogP contribution in [0.2, 0.25) is 0 Å². The van der Waals surface area contributed by atoms with Gasteiger partial charge in [0.1, 0.15) is 13.2 Å². The lowest BCUT2D eigenvalue weighted by Gasteiger charge is -2.38. The number of benzene rings is 1. The van der Waals surface area contributed by atoms with Crippen molar-refractivity contribution in [1.82, 2.24) is 9.80 Å². The number of imide groups is 1. The normalized spacial score (nSPS) is 20.0. The summed E-state index contributed by atoms with van der Waals surface area (Å²) in [5.41, 5.74) is 0.977. The smallest absolute Gasteiger partial charge is 0.255 e. The SMILES string of the molecule is O=C(C=Cc1ccccc1)N1CCC(N2C(=O)COCC2=O)CC1. The highest BCUT2D eigenvalue weighted by Crippen LogP contribution is 2.19. The molecule has 2 saturated heterocycles. The second kappa shape index (κ2) is 7.40. The molecule has 0 aromatic heterocycles. The molecular formula is C18H20N2O4. The van der Waals surface area contributed by atoms with Crippen molar-refractivity contribution in [2.75, 3.05) is 26.3 Å². The molecule has 0 unspecified atom stereocenters. The molecule has 2 aliphatic heterocycles. The maximum Gasteiger partial charge on any atom is 0.255 e. The highest BCUT2D eigenvalue weighted by Gasteiger charge is 2.35. The van der Waals surface area contributed by atoms with Crippen molar-refractivity contribution >= 4 is 23.8 Å². The van der Waals surface area contributed by atoms with Crippen molar-refractivity contribution in [3.05, 3.63) is 42.0 Å². The molecule has 0 bridgehead atoms. The Labute approximate surface area is 140 Å². The molecule has 0 N–H and O–H groups in total. The molecule has 3 rings (SSSR count). The van der Waals surface area contributed by atoms with Crippen molar-refractivity contribution in [2.45, 2.75) is 18.9 Å². The number of nitrogens with zero attached hydrogens (tertiary/aromatic N) is 2. The van der Waals surface area contributed by atoms with E-state index in [0.29, 0.717) is 25.9 Å². The Hall–Kier alpha value is -2.47.